The highest BCUT2D eigenvalue weighted by Crippen LogP contribution is 2.52. The molecule has 16 nitrogen and oxygen atoms in total. The Balaban J connectivity index is 0.722. The van der Waals surface area contributed by atoms with Crippen LogP contribution in [0.2, 0.25) is 5.02 Å². The molecule has 4 fully saturated rings. The van der Waals surface area contributed by atoms with Gasteiger partial charge in [-0.1, -0.05) is 68.8 Å². The fourth-order valence-electron chi connectivity index (χ4n) is 12.2. The molecule has 7 heterocycles. The van der Waals surface area contributed by atoms with E-state index in [0.717, 1.165) is 87.4 Å². The van der Waals surface area contributed by atoms with Gasteiger partial charge in [-0.2, -0.15) is 0 Å². The maximum Gasteiger partial charge on any atom is 0.246 e. The van der Waals surface area contributed by atoms with Crippen LogP contribution in [0.3, 0.4) is 0 Å². The molecule has 4 aliphatic heterocycles. The Bertz CT molecular complexity index is 3020. The number of aliphatic hydroxyl groups excluding tert-OH is 1. The van der Waals surface area contributed by atoms with Crippen molar-refractivity contribution in [1.29, 1.82) is 0 Å². The van der Waals surface area contributed by atoms with Crippen LogP contribution in [0.25, 0.3) is 15.4 Å². The number of nitrogens with zero attached hydrogens (tertiary/aromatic N) is 9. The van der Waals surface area contributed by atoms with Crippen LogP contribution in [-0.4, -0.2) is 149 Å². The quantitative estimate of drug-likeness (QED) is 0.114. The molecule has 5 aliphatic rings. The number of nitrogens with one attached hydrogen (secondary N) is 2. The molecule has 3 saturated heterocycles. The zero-order valence-electron chi connectivity index (χ0n) is 44.7. The number of fused-ring (bicyclic) bond motifs is 3. The highest BCUT2D eigenvalue weighted by molar-refractivity contribution is 7.15. The highest BCUT2D eigenvalue weighted by Gasteiger charge is 2.56. The molecule has 0 radical (unpaired) electrons. The number of hydrogen-bond acceptors (Lipinski definition) is 13. The van der Waals surface area contributed by atoms with Crippen molar-refractivity contribution in [3.8, 4) is 15.4 Å². The van der Waals surface area contributed by atoms with E-state index in [-0.39, 0.29) is 73.1 Å². The van der Waals surface area contributed by atoms with Crippen LogP contribution < -0.4 is 10.6 Å². The van der Waals surface area contributed by atoms with Gasteiger partial charge in [0.05, 0.1) is 46.9 Å². The number of halogens is 1. The number of benzene rings is 2. The Morgan fingerprint density at radius 1 is 0.907 bits per heavy atom. The molecule has 398 valence electrons. The number of rotatable bonds is 12. The van der Waals surface area contributed by atoms with E-state index in [1.54, 1.807) is 22.7 Å². The lowest BCUT2D eigenvalue weighted by atomic mass is 9.60. The average Bonchev–Trinajstić information content (AvgIpc) is 4.12. The summed E-state index contributed by atoms with van der Waals surface area (Å²) in [5.74, 6) is 0.532. The number of hydrogen-bond donors (Lipinski definition) is 3. The lowest BCUT2D eigenvalue weighted by molar-refractivity contribution is -0.162. The second-order valence-corrected chi connectivity index (χ2v) is 25.6. The minimum absolute atomic E-state index is 0.00700. The van der Waals surface area contributed by atoms with Gasteiger partial charge in [-0.3, -0.25) is 38.5 Å². The Hall–Kier alpha value is -5.37. The number of thiophene rings is 1. The molecule has 19 heteroatoms. The number of thiazole rings is 1. The highest BCUT2D eigenvalue weighted by atomic mass is 35.5. The molecule has 75 heavy (non-hydrogen) atoms. The lowest BCUT2D eigenvalue weighted by Crippen LogP contribution is -2.70. The van der Waals surface area contributed by atoms with E-state index in [9.17, 15) is 24.3 Å². The molecule has 10 rings (SSSR count). The number of carbonyl (C=O) groups is 4. The first-order valence-corrected chi connectivity index (χ1v) is 28.4. The summed E-state index contributed by atoms with van der Waals surface area (Å²) in [5.41, 5.74) is 8.17. The zero-order chi connectivity index (χ0) is 53.4. The zero-order valence-corrected chi connectivity index (χ0v) is 47.1. The molecule has 1 spiro atoms. The molecule has 3 N–H and O–H groups in total. The molecule has 1 aliphatic carbocycles. The second-order valence-electron chi connectivity index (χ2n) is 23.1. The van der Waals surface area contributed by atoms with Crippen molar-refractivity contribution in [1.82, 2.24) is 50.0 Å². The van der Waals surface area contributed by atoms with E-state index in [1.165, 1.54) is 9.78 Å². The third-order valence-corrected chi connectivity index (χ3v) is 18.9. The van der Waals surface area contributed by atoms with E-state index in [0.29, 0.717) is 23.4 Å². The molecular formula is C56H70ClN11O5S2. The summed E-state index contributed by atoms with van der Waals surface area (Å²) in [7, 11) is 0. The monoisotopic (exact) mass is 1080 g/mol. The molecule has 0 bridgehead atoms. The van der Waals surface area contributed by atoms with E-state index in [4.69, 9.17) is 16.6 Å². The number of β-amino-alcohol motifs (C(OH)–C–C–N with tert-alkyl or cyclic N) is 1. The Labute approximate surface area is 453 Å². The van der Waals surface area contributed by atoms with E-state index < -0.39 is 29.6 Å². The summed E-state index contributed by atoms with van der Waals surface area (Å²) in [6.07, 6.45) is 1.47. The fourth-order valence-corrected chi connectivity index (χ4v) is 14.3. The standard InChI is InChI=1S/C56H70ClN11O5S2/c1-30-24-66(41-21-56(22-41)27-65(28-56)46(71)20-43-51-63-62-36(7)68(51)54-47(32(3)35(6)75-54)48(60-43)38-15-17-40(57)18-16-38)31(2)23-64(30)26-45(70)61-50(55(8,9)10)53(73)67-25-42(69)19-44(67)52(72)59-33(4)37-11-13-39(14-12-37)49-34(5)58-29-74-49/h11-18,29-31,33,41-44,50,69H,19-28H2,1-10H3,(H,59,72)(H,61,70)/t30-,31+,33+,42-,43+,44+,50-/m1/s1. The smallest absolute Gasteiger partial charge is 0.246 e. The van der Waals surface area contributed by atoms with Gasteiger partial charge in [-0.05, 0) is 95.5 Å². The summed E-state index contributed by atoms with van der Waals surface area (Å²) in [4.78, 5) is 76.7. The first-order valence-electron chi connectivity index (χ1n) is 26.3. The maximum absolute atomic E-state index is 14.5. The van der Waals surface area contributed by atoms with Crippen LogP contribution >= 0.6 is 34.3 Å². The van der Waals surface area contributed by atoms with E-state index in [1.807, 2.05) is 100 Å². The number of aryl methyl sites for hydroxylation is 3. The van der Waals surface area contributed by atoms with Crippen molar-refractivity contribution in [2.24, 2.45) is 15.8 Å². The lowest BCUT2D eigenvalue weighted by Gasteiger charge is -2.63. The summed E-state index contributed by atoms with van der Waals surface area (Å²) in [6.45, 7) is 23.3. The molecule has 3 aromatic heterocycles. The van der Waals surface area contributed by atoms with Gasteiger partial charge in [0, 0.05) is 83.7 Å². The molecule has 4 amide bonds. The third-order valence-electron chi connectivity index (χ3n) is 16.5. The first kappa shape index (κ1) is 53.0. The van der Waals surface area contributed by atoms with Gasteiger partial charge in [0.15, 0.2) is 5.82 Å². The minimum Gasteiger partial charge on any atom is -0.391 e. The van der Waals surface area contributed by atoms with Crippen molar-refractivity contribution < 1.29 is 24.3 Å². The molecule has 2 aromatic carbocycles. The largest absolute Gasteiger partial charge is 0.391 e. The van der Waals surface area contributed by atoms with Crippen LogP contribution in [0, 0.1) is 38.5 Å². The van der Waals surface area contributed by atoms with Gasteiger partial charge in [0.25, 0.3) is 0 Å². The second kappa shape index (κ2) is 20.5. The number of carbonyl (C=O) groups excluding carboxylic acids is 4. The van der Waals surface area contributed by atoms with Gasteiger partial charge in [-0.15, -0.1) is 32.9 Å². The van der Waals surface area contributed by atoms with Crippen LogP contribution in [0.15, 0.2) is 59.0 Å². The van der Waals surface area contributed by atoms with Crippen molar-refractivity contribution in [2.45, 2.75) is 143 Å². The summed E-state index contributed by atoms with van der Waals surface area (Å²) in [6, 6.07) is 13.8. The molecule has 7 atom stereocenters. The first-order chi connectivity index (χ1) is 35.6. The van der Waals surface area contributed by atoms with Gasteiger partial charge >= 0.3 is 0 Å². The summed E-state index contributed by atoms with van der Waals surface area (Å²) >= 11 is 9.60. The number of likely N-dealkylation sites (tertiary alicyclic amines) is 2. The normalized spacial score (nSPS) is 23.6. The van der Waals surface area contributed by atoms with Crippen molar-refractivity contribution >= 4 is 63.6 Å². The summed E-state index contributed by atoms with van der Waals surface area (Å²) < 4.78 is 2.09. The van der Waals surface area contributed by atoms with Crippen molar-refractivity contribution in [3.63, 3.8) is 0 Å². The molecule has 0 unspecified atom stereocenters. The average molecular weight is 1080 g/mol. The number of piperazine rings is 1. The number of aliphatic hydroxyl groups is 1. The topological polar surface area (TPSA) is 181 Å². The fraction of sp³-hybridized carbons (Fsp3) is 0.536. The van der Waals surface area contributed by atoms with Crippen LogP contribution in [0.1, 0.15) is 124 Å². The van der Waals surface area contributed by atoms with Crippen molar-refractivity contribution in [3.05, 3.63) is 104 Å². The van der Waals surface area contributed by atoms with Gasteiger partial charge in [-0.25, -0.2) is 4.98 Å². The Morgan fingerprint density at radius 3 is 2.27 bits per heavy atom. The molecule has 1 saturated carbocycles. The van der Waals surface area contributed by atoms with Gasteiger partial charge < -0.3 is 25.5 Å². The number of aromatic nitrogens is 4. The van der Waals surface area contributed by atoms with Crippen molar-refractivity contribution in [2.75, 3.05) is 39.3 Å². The Kier molecular flexibility index (Phi) is 14.5. The van der Waals surface area contributed by atoms with Crippen LogP contribution in [-0.2, 0) is 19.2 Å². The predicted octanol–water partition coefficient (Wildman–Crippen LogP) is 7.38. The molecule has 5 aromatic rings. The number of amides is 4. The predicted molar refractivity (Wildman–Crippen MR) is 293 cm³/mol. The summed E-state index contributed by atoms with van der Waals surface area (Å²) in [5, 5.41) is 27.7. The third kappa shape index (κ3) is 10.3. The van der Waals surface area contributed by atoms with Crippen LogP contribution in [0.4, 0.5) is 0 Å². The molecular weight excluding hydrogens is 1010 g/mol. The maximum atomic E-state index is 14.5. The SMILES string of the molecule is Cc1ncsc1-c1ccc([C@H](C)NC(=O)[C@@H]2C[C@@H](O)CN2C(=O)[C@@H](NC(=O)CN2C[C@H](C)N(C3CC4(C3)CN(C(=O)C[C@@H]3N=C(c5ccc(Cl)cc5)c5c(sc(C)c5C)-n5c(C)nnc53)C4)C[C@H]2C)C(C)(C)C)cc1. The van der Waals surface area contributed by atoms with E-state index in [2.05, 4.69) is 67.9 Å². The Morgan fingerprint density at radius 2 is 1.60 bits per heavy atom. The van der Waals surface area contributed by atoms with Gasteiger partial charge in [0.2, 0.25) is 23.6 Å². The van der Waals surface area contributed by atoms with Gasteiger partial charge in [0.1, 0.15) is 29.0 Å². The minimum atomic E-state index is -0.918. The number of aliphatic imine (C=N–C) groups is 1. The van der Waals surface area contributed by atoms with Crippen LogP contribution in [0.5, 0.6) is 0 Å². The van der Waals surface area contributed by atoms with E-state index >= 15 is 0 Å².